The average Bonchev–Trinajstić information content (AvgIpc) is 3.02. The van der Waals surface area contributed by atoms with E-state index in [0.717, 1.165) is 16.6 Å². The number of fused-ring (bicyclic) bond motifs is 1. The highest BCUT2D eigenvalue weighted by atomic mass is 32.1. The normalized spacial score (nSPS) is 25.9. The van der Waals surface area contributed by atoms with Gasteiger partial charge in [0.1, 0.15) is 0 Å². The summed E-state index contributed by atoms with van der Waals surface area (Å²) < 4.78 is 2.04. The Morgan fingerprint density at radius 3 is 3.17 bits per heavy atom. The molecule has 98 valence electrons. The van der Waals surface area contributed by atoms with Gasteiger partial charge in [-0.05, 0) is 24.7 Å². The molecule has 3 rings (SSSR count). The van der Waals surface area contributed by atoms with Crippen molar-refractivity contribution in [3.63, 3.8) is 0 Å². The molecule has 1 aliphatic carbocycles. The second kappa shape index (κ2) is 5.02. The average molecular weight is 264 g/mol. The van der Waals surface area contributed by atoms with Crippen LogP contribution in [0.1, 0.15) is 38.3 Å². The molecule has 2 aromatic heterocycles. The lowest BCUT2D eigenvalue weighted by Crippen LogP contribution is -2.21. The molecule has 2 aromatic rings. The first kappa shape index (κ1) is 12.2. The number of hydrogen-bond acceptors (Lipinski definition) is 3. The van der Waals surface area contributed by atoms with Crippen molar-refractivity contribution in [3.8, 4) is 0 Å². The molecular weight excluding hydrogens is 244 g/mol. The summed E-state index contributed by atoms with van der Waals surface area (Å²) in [6, 6.07) is 0. The Hall–Kier alpha value is -0.870. The second-order valence-electron chi connectivity index (χ2n) is 5.44. The number of nitrogens with zero attached hydrogens (tertiary/aromatic N) is 2. The highest BCUT2D eigenvalue weighted by Gasteiger charge is 2.29. The summed E-state index contributed by atoms with van der Waals surface area (Å²) in [4.78, 5) is 5.57. The first-order valence-corrected chi connectivity index (χ1v) is 7.73. The summed E-state index contributed by atoms with van der Waals surface area (Å²) in [5.74, 6) is 1.31. The van der Waals surface area contributed by atoms with Crippen LogP contribution in [0.2, 0.25) is 0 Å². The lowest BCUT2D eigenvalue weighted by Gasteiger charge is -2.17. The van der Waals surface area contributed by atoms with Gasteiger partial charge in [0.25, 0.3) is 0 Å². The summed E-state index contributed by atoms with van der Waals surface area (Å²) >= 11 is 1.64. The molecule has 18 heavy (non-hydrogen) atoms. The smallest absolute Gasteiger partial charge is 0.193 e. The van der Waals surface area contributed by atoms with Gasteiger partial charge in [0.05, 0.1) is 11.8 Å². The van der Waals surface area contributed by atoms with Crippen molar-refractivity contribution in [2.45, 2.75) is 45.1 Å². The zero-order valence-corrected chi connectivity index (χ0v) is 11.6. The third-order valence-corrected chi connectivity index (χ3v) is 5.04. The Bertz CT molecular complexity index is 490. The van der Waals surface area contributed by atoms with Crippen molar-refractivity contribution in [2.24, 2.45) is 11.8 Å². The number of aromatic nitrogens is 2. The summed E-state index contributed by atoms with van der Waals surface area (Å²) in [6.07, 6.45) is 9.47. The largest absolute Gasteiger partial charge is 0.392 e. The van der Waals surface area contributed by atoms with E-state index in [9.17, 15) is 5.11 Å². The maximum Gasteiger partial charge on any atom is 0.193 e. The molecule has 1 fully saturated rings. The minimum Gasteiger partial charge on any atom is -0.392 e. The predicted octanol–water partition coefficient (Wildman–Crippen LogP) is 3.13. The van der Waals surface area contributed by atoms with Crippen LogP contribution in [0.3, 0.4) is 0 Å². The molecule has 0 amide bonds. The second-order valence-corrected chi connectivity index (χ2v) is 6.32. The van der Waals surface area contributed by atoms with E-state index in [2.05, 4.69) is 11.9 Å². The Labute approximate surface area is 111 Å². The van der Waals surface area contributed by atoms with E-state index >= 15 is 0 Å². The zero-order chi connectivity index (χ0) is 12.5. The molecular formula is C14H20N2OS. The molecule has 0 radical (unpaired) electrons. The predicted molar refractivity (Wildman–Crippen MR) is 73.9 cm³/mol. The van der Waals surface area contributed by atoms with Gasteiger partial charge in [-0.3, -0.25) is 4.40 Å². The molecule has 1 aliphatic rings. The summed E-state index contributed by atoms with van der Waals surface area (Å²) in [6.45, 7) is 2.25. The van der Waals surface area contributed by atoms with Crippen LogP contribution in [0, 0.1) is 11.8 Å². The summed E-state index contributed by atoms with van der Waals surface area (Å²) in [5.41, 5.74) is 1.02. The van der Waals surface area contributed by atoms with Crippen molar-refractivity contribution < 1.29 is 5.11 Å². The molecule has 1 saturated carbocycles. The van der Waals surface area contributed by atoms with Crippen LogP contribution in [0.5, 0.6) is 0 Å². The monoisotopic (exact) mass is 264 g/mol. The van der Waals surface area contributed by atoms with E-state index in [1.54, 1.807) is 11.3 Å². The van der Waals surface area contributed by atoms with Crippen molar-refractivity contribution in [3.05, 3.63) is 23.5 Å². The van der Waals surface area contributed by atoms with E-state index in [4.69, 9.17) is 0 Å². The van der Waals surface area contributed by atoms with Crippen molar-refractivity contribution in [1.29, 1.82) is 0 Å². The van der Waals surface area contributed by atoms with Crippen LogP contribution >= 0.6 is 11.3 Å². The number of rotatable bonds is 4. The third-order valence-electron chi connectivity index (χ3n) is 4.26. The summed E-state index contributed by atoms with van der Waals surface area (Å²) in [5, 5.41) is 12.4. The molecule has 0 bridgehead atoms. The molecule has 2 heterocycles. The minimum atomic E-state index is -0.217. The highest BCUT2D eigenvalue weighted by molar-refractivity contribution is 7.15. The van der Waals surface area contributed by atoms with Gasteiger partial charge >= 0.3 is 0 Å². The van der Waals surface area contributed by atoms with E-state index in [1.807, 2.05) is 22.2 Å². The molecule has 3 nitrogen and oxygen atoms in total. The Morgan fingerprint density at radius 2 is 2.44 bits per heavy atom. The molecule has 3 atom stereocenters. The van der Waals surface area contributed by atoms with Crippen LogP contribution in [0.4, 0.5) is 0 Å². The molecule has 0 aromatic carbocycles. The van der Waals surface area contributed by atoms with Gasteiger partial charge in [0.15, 0.2) is 4.96 Å². The summed E-state index contributed by atoms with van der Waals surface area (Å²) in [7, 11) is 0. The zero-order valence-electron chi connectivity index (χ0n) is 10.7. The first-order valence-electron chi connectivity index (χ1n) is 6.85. The third kappa shape index (κ3) is 2.31. The first-order chi connectivity index (χ1) is 8.76. The van der Waals surface area contributed by atoms with Gasteiger partial charge in [-0.2, -0.15) is 0 Å². The van der Waals surface area contributed by atoms with Gasteiger partial charge < -0.3 is 5.11 Å². The van der Waals surface area contributed by atoms with Gasteiger partial charge in [-0.1, -0.05) is 19.8 Å². The SMILES string of the molecule is CCC1CCC(C(O)Cc2cn3ccsc3n2)C1. The fourth-order valence-corrected chi connectivity index (χ4v) is 3.81. The quantitative estimate of drug-likeness (QED) is 0.921. The lowest BCUT2D eigenvalue weighted by molar-refractivity contribution is 0.108. The fraction of sp³-hybridized carbons (Fsp3) is 0.643. The van der Waals surface area contributed by atoms with E-state index in [-0.39, 0.29) is 6.10 Å². The van der Waals surface area contributed by atoms with Gasteiger partial charge in [0.2, 0.25) is 0 Å². The van der Waals surface area contributed by atoms with E-state index in [0.29, 0.717) is 12.3 Å². The van der Waals surface area contributed by atoms with Gasteiger partial charge in [-0.15, -0.1) is 11.3 Å². The lowest BCUT2D eigenvalue weighted by atomic mass is 9.95. The number of aliphatic hydroxyl groups excluding tert-OH is 1. The van der Waals surface area contributed by atoms with Crippen LogP contribution in [0.25, 0.3) is 4.96 Å². The van der Waals surface area contributed by atoms with Crippen molar-refractivity contribution in [2.75, 3.05) is 0 Å². The molecule has 4 heteroatoms. The molecule has 1 N–H and O–H groups in total. The van der Waals surface area contributed by atoms with Crippen molar-refractivity contribution >= 4 is 16.3 Å². The Balaban J connectivity index is 1.64. The van der Waals surface area contributed by atoms with E-state index < -0.39 is 0 Å². The Morgan fingerprint density at radius 1 is 1.56 bits per heavy atom. The molecule has 3 unspecified atom stereocenters. The van der Waals surface area contributed by atoms with Crippen LogP contribution in [-0.2, 0) is 6.42 Å². The minimum absolute atomic E-state index is 0.217. The number of hydrogen-bond donors (Lipinski definition) is 1. The molecule has 0 aliphatic heterocycles. The van der Waals surface area contributed by atoms with Crippen LogP contribution in [-0.4, -0.2) is 20.6 Å². The number of imidazole rings is 1. The van der Waals surface area contributed by atoms with Gasteiger partial charge in [0, 0.05) is 24.2 Å². The highest BCUT2D eigenvalue weighted by Crippen LogP contribution is 2.35. The maximum atomic E-state index is 10.3. The topological polar surface area (TPSA) is 37.5 Å². The number of aliphatic hydroxyl groups is 1. The van der Waals surface area contributed by atoms with Crippen LogP contribution < -0.4 is 0 Å². The number of thiazole rings is 1. The molecule has 0 spiro atoms. The maximum absolute atomic E-state index is 10.3. The van der Waals surface area contributed by atoms with Gasteiger partial charge in [-0.25, -0.2) is 4.98 Å². The van der Waals surface area contributed by atoms with Crippen molar-refractivity contribution in [1.82, 2.24) is 9.38 Å². The molecule has 0 saturated heterocycles. The standard InChI is InChI=1S/C14H20N2OS/c1-2-10-3-4-11(7-10)13(17)8-12-9-16-5-6-18-14(16)15-12/h5-6,9-11,13,17H,2-4,7-8H2,1H3. The van der Waals surface area contributed by atoms with E-state index in [1.165, 1.54) is 25.7 Å². The van der Waals surface area contributed by atoms with Crippen LogP contribution in [0.15, 0.2) is 17.8 Å². The fourth-order valence-electron chi connectivity index (χ4n) is 3.09. The Kier molecular flexibility index (Phi) is 3.39.